The molecule has 3 aromatic rings. The van der Waals surface area contributed by atoms with E-state index in [-0.39, 0.29) is 16.1 Å². The minimum absolute atomic E-state index is 0.00897. The maximum Gasteiger partial charge on any atom is 0.270 e. The van der Waals surface area contributed by atoms with Gasteiger partial charge in [-0.2, -0.15) is 0 Å². The quantitative estimate of drug-likeness (QED) is 0.627. The first-order chi connectivity index (χ1) is 14.9. The van der Waals surface area contributed by atoms with Crippen LogP contribution in [0.2, 0.25) is 0 Å². The smallest absolute Gasteiger partial charge is 0.270 e. The summed E-state index contributed by atoms with van der Waals surface area (Å²) in [6.07, 6.45) is 0. The number of hydrogen-bond acceptors (Lipinski definition) is 4. The Labute approximate surface area is 184 Å². The van der Waals surface area contributed by atoms with Gasteiger partial charge in [-0.15, -0.1) is 0 Å². The Hall–Kier alpha value is -3.33. The largest absolute Gasteiger partial charge is 0.324 e. The Balaban J connectivity index is 2.01. The lowest BCUT2D eigenvalue weighted by Gasteiger charge is -2.15. The van der Waals surface area contributed by atoms with Crippen LogP contribution in [0.25, 0.3) is 0 Å². The molecule has 6 nitrogen and oxygen atoms in total. The number of rotatable bonds is 5. The third-order valence-corrected chi connectivity index (χ3v) is 7.12. The van der Waals surface area contributed by atoms with Gasteiger partial charge in [0.1, 0.15) is 11.4 Å². The second-order valence-corrected chi connectivity index (χ2v) is 9.50. The monoisotopic (exact) mass is 460 g/mol. The first kappa shape index (κ1) is 23.3. The van der Waals surface area contributed by atoms with Crippen molar-refractivity contribution in [3.63, 3.8) is 0 Å². The fourth-order valence-corrected chi connectivity index (χ4v) is 4.99. The number of carbonyl (C=O) groups is 1. The molecule has 0 unspecified atom stereocenters. The van der Waals surface area contributed by atoms with Crippen LogP contribution in [-0.4, -0.2) is 18.9 Å². The molecule has 1 aromatic heterocycles. The Morgan fingerprint density at radius 2 is 1.59 bits per heavy atom. The second-order valence-electron chi connectivity index (χ2n) is 7.62. The van der Waals surface area contributed by atoms with Crippen molar-refractivity contribution >= 4 is 21.4 Å². The third kappa shape index (κ3) is 4.47. The molecule has 0 spiro atoms. The van der Waals surface area contributed by atoms with E-state index in [1.54, 1.807) is 19.9 Å². The maximum absolute atomic E-state index is 13.4. The van der Waals surface area contributed by atoms with Gasteiger partial charge in [0, 0.05) is 17.4 Å². The Morgan fingerprint density at radius 1 is 0.906 bits per heavy atom. The van der Waals surface area contributed by atoms with Gasteiger partial charge >= 0.3 is 0 Å². The number of pyridine rings is 1. The third-order valence-electron chi connectivity index (χ3n) is 5.21. The van der Waals surface area contributed by atoms with Crippen LogP contribution in [0.5, 0.6) is 0 Å². The number of aryl methyl sites for hydroxylation is 4. The zero-order valence-electron chi connectivity index (χ0n) is 18.0. The predicted molar refractivity (Wildman–Crippen MR) is 117 cm³/mol. The van der Waals surface area contributed by atoms with Crippen molar-refractivity contribution in [1.82, 2.24) is 4.57 Å². The highest BCUT2D eigenvalue weighted by Crippen LogP contribution is 2.24. The van der Waals surface area contributed by atoms with Crippen LogP contribution in [0.4, 0.5) is 14.5 Å². The topological polar surface area (TPSA) is 85.2 Å². The van der Waals surface area contributed by atoms with Gasteiger partial charge in [0.05, 0.1) is 4.90 Å². The summed E-state index contributed by atoms with van der Waals surface area (Å²) in [7, 11) is -4.14. The van der Waals surface area contributed by atoms with Crippen molar-refractivity contribution in [3.05, 3.63) is 86.8 Å². The number of aromatic nitrogens is 1. The average Bonchev–Trinajstić information content (AvgIpc) is 2.69. The van der Waals surface area contributed by atoms with Gasteiger partial charge in [0.15, 0.2) is 11.6 Å². The molecule has 3 rings (SSSR count). The van der Waals surface area contributed by atoms with Gasteiger partial charge in [0.2, 0.25) is 15.7 Å². The minimum Gasteiger partial charge on any atom is -0.324 e. The Kier molecular flexibility index (Phi) is 6.32. The van der Waals surface area contributed by atoms with E-state index in [0.29, 0.717) is 5.69 Å². The Bertz CT molecular complexity index is 1400. The van der Waals surface area contributed by atoms with Gasteiger partial charge in [-0.05, 0) is 74.7 Å². The SMILES string of the molecule is Cc1ccc(S(=O)(=O)c2c(C)cc(C)n(CC(=O)Nc3ccc(F)c(F)c3)c2=O)cc1C. The van der Waals surface area contributed by atoms with Crippen LogP contribution in [0.15, 0.2) is 57.1 Å². The fraction of sp³-hybridized carbons (Fsp3) is 0.217. The normalized spacial score (nSPS) is 11.4. The zero-order valence-corrected chi connectivity index (χ0v) is 18.8. The summed E-state index contributed by atoms with van der Waals surface area (Å²) in [5, 5.41) is 2.38. The number of nitrogens with zero attached hydrogens (tertiary/aromatic N) is 1. The summed E-state index contributed by atoms with van der Waals surface area (Å²) in [6.45, 7) is 6.22. The van der Waals surface area contributed by atoms with Crippen LogP contribution in [-0.2, 0) is 21.2 Å². The minimum atomic E-state index is -4.14. The predicted octanol–water partition coefficient (Wildman–Crippen LogP) is 3.83. The molecule has 1 N–H and O–H groups in total. The van der Waals surface area contributed by atoms with Crippen LogP contribution in [0.3, 0.4) is 0 Å². The van der Waals surface area contributed by atoms with Crippen molar-refractivity contribution in [2.24, 2.45) is 0 Å². The van der Waals surface area contributed by atoms with Crippen molar-refractivity contribution < 1.29 is 22.0 Å². The number of amides is 1. The number of hydrogen-bond donors (Lipinski definition) is 1. The number of sulfone groups is 1. The molecule has 0 saturated carbocycles. The number of anilines is 1. The van der Waals surface area contributed by atoms with Crippen molar-refractivity contribution in [2.75, 3.05) is 5.32 Å². The lowest BCUT2D eigenvalue weighted by molar-refractivity contribution is -0.116. The van der Waals surface area contributed by atoms with E-state index in [9.17, 15) is 26.8 Å². The molecule has 32 heavy (non-hydrogen) atoms. The van der Waals surface area contributed by atoms with Gasteiger partial charge < -0.3 is 9.88 Å². The van der Waals surface area contributed by atoms with E-state index >= 15 is 0 Å². The summed E-state index contributed by atoms with van der Waals surface area (Å²) < 4.78 is 54.0. The molecule has 0 atom stereocenters. The van der Waals surface area contributed by atoms with Gasteiger partial charge in [-0.25, -0.2) is 17.2 Å². The molecule has 0 bridgehead atoms. The summed E-state index contributed by atoms with van der Waals surface area (Å²) in [4.78, 5) is 25.2. The average molecular weight is 461 g/mol. The van der Waals surface area contributed by atoms with E-state index in [4.69, 9.17) is 0 Å². The van der Waals surface area contributed by atoms with E-state index in [0.717, 1.165) is 27.8 Å². The summed E-state index contributed by atoms with van der Waals surface area (Å²) in [5.41, 5.74) is 1.50. The fourth-order valence-electron chi connectivity index (χ4n) is 3.35. The first-order valence-electron chi connectivity index (χ1n) is 9.70. The molecule has 0 saturated heterocycles. The zero-order chi connectivity index (χ0) is 23.8. The lowest BCUT2D eigenvalue weighted by atomic mass is 10.1. The molecule has 0 aliphatic rings. The van der Waals surface area contributed by atoms with Crippen molar-refractivity contribution in [2.45, 2.75) is 44.0 Å². The highest BCUT2D eigenvalue weighted by molar-refractivity contribution is 7.91. The number of benzene rings is 2. The van der Waals surface area contributed by atoms with E-state index in [2.05, 4.69) is 5.32 Å². The van der Waals surface area contributed by atoms with Crippen molar-refractivity contribution in [1.29, 1.82) is 0 Å². The van der Waals surface area contributed by atoms with Crippen LogP contribution < -0.4 is 10.9 Å². The molecule has 9 heteroatoms. The van der Waals surface area contributed by atoms with Crippen LogP contribution in [0, 0.1) is 39.3 Å². The van der Waals surface area contributed by atoms with Crippen LogP contribution >= 0.6 is 0 Å². The van der Waals surface area contributed by atoms with Gasteiger partial charge in [0.25, 0.3) is 5.56 Å². The molecule has 0 radical (unpaired) electrons. The number of carbonyl (C=O) groups excluding carboxylic acids is 1. The number of nitrogens with one attached hydrogen (secondary N) is 1. The molecule has 168 valence electrons. The maximum atomic E-state index is 13.4. The lowest BCUT2D eigenvalue weighted by Crippen LogP contribution is -2.33. The molecular weight excluding hydrogens is 438 g/mol. The summed E-state index contributed by atoms with van der Waals surface area (Å²) >= 11 is 0. The number of halogens is 2. The molecular formula is C23H22F2N2O4S. The summed E-state index contributed by atoms with van der Waals surface area (Å²) in [6, 6.07) is 8.98. The van der Waals surface area contributed by atoms with E-state index in [1.807, 2.05) is 6.92 Å². The molecule has 0 aliphatic heterocycles. The highest BCUT2D eigenvalue weighted by Gasteiger charge is 2.26. The van der Waals surface area contributed by atoms with Gasteiger partial charge in [-0.3, -0.25) is 9.59 Å². The molecule has 1 amide bonds. The Morgan fingerprint density at radius 3 is 2.22 bits per heavy atom. The van der Waals surface area contributed by atoms with E-state index in [1.165, 1.54) is 31.2 Å². The second kappa shape index (κ2) is 8.66. The molecule has 1 heterocycles. The molecule has 0 fully saturated rings. The van der Waals surface area contributed by atoms with E-state index < -0.39 is 44.4 Å². The summed E-state index contributed by atoms with van der Waals surface area (Å²) in [5.74, 6) is -2.89. The molecule has 2 aromatic carbocycles. The molecule has 0 aliphatic carbocycles. The standard InChI is InChI=1S/C23H22F2N2O4S/c1-13-5-7-18(10-14(13)2)32(30,31)22-15(3)9-16(4)27(23(22)29)12-21(28)26-17-6-8-19(24)20(25)11-17/h5-11H,12H2,1-4H3,(H,26,28). The first-order valence-corrected chi connectivity index (χ1v) is 11.2. The van der Waals surface area contributed by atoms with Gasteiger partial charge in [-0.1, -0.05) is 6.07 Å². The van der Waals surface area contributed by atoms with Crippen molar-refractivity contribution in [3.8, 4) is 0 Å². The van der Waals surface area contributed by atoms with Crippen LogP contribution in [0.1, 0.15) is 22.4 Å². The highest BCUT2D eigenvalue weighted by atomic mass is 32.2.